The molecule has 0 aliphatic carbocycles. The summed E-state index contributed by atoms with van der Waals surface area (Å²) in [5.41, 5.74) is 3.34. The maximum atomic E-state index is 12.9. The van der Waals surface area contributed by atoms with Crippen LogP contribution in [0.15, 0.2) is 41.3 Å². The molecule has 0 aromatic heterocycles. The van der Waals surface area contributed by atoms with E-state index in [-0.39, 0.29) is 16.8 Å². The smallest absolute Gasteiger partial charge is 0.262 e. The van der Waals surface area contributed by atoms with Gasteiger partial charge in [0.2, 0.25) is 0 Å². The molecule has 0 radical (unpaired) electrons. The van der Waals surface area contributed by atoms with Crippen LogP contribution < -0.4 is 10.0 Å². The average Bonchev–Trinajstić information content (AvgIpc) is 2.58. The Morgan fingerprint density at radius 2 is 1.77 bits per heavy atom. The molecule has 0 saturated carbocycles. The second kappa shape index (κ2) is 7.91. The summed E-state index contributed by atoms with van der Waals surface area (Å²) >= 11 is 0. The van der Waals surface area contributed by atoms with Crippen LogP contribution in [0.2, 0.25) is 0 Å². The van der Waals surface area contributed by atoms with Crippen molar-refractivity contribution in [3.63, 3.8) is 0 Å². The Bertz CT molecular complexity index is 921. The lowest BCUT2D eigenvalue weighted by Crippen LogP contribution is -2.32. The van der Waals surface area contributed by atoms with Gasteiger partial charge in [-0.2, -0.15) is 0 Å². The number of carbonyl (C=O) groups is 1. The Balaban J connectivity index is 2.38. The van der Waals surface area contributed by atoms with Crippen molar-refractivity contribution in [3.8, 4) is 0 Å². The number of benzene rings is 2. The Morgan fingerprint density at radius 3 is 2.42 bits per heavy atom. The molecular weight excluding hydrogens is 348 g/mol. The van der Waals surface area contributed by atoms with Crippen molar-refractivity contribution in [1.29, 1.82) is 0 Å². The number of nitrogens with one attached hydrogen (secondary N) is 2. The zero-order chi connectivity index (χ0) is 19.5. The first kappa shape index (κ1) is 20.0. The molecule has 0 spiro atoms. The predicted molar refractivity (Wildman–Crippen MR) is 105 cm³/mol. The van der Waals surface area contributed by atoms with Gasteiger partial charge in [-0.15, -0.1) is 0 Å². The Kier molecular flexibility index (Phi) is 6.08. The molecule has 5 nitrogen and oxygen atoms in total. The molecule has 140 valence electrons. The number of aryl methyl sites for hydroxylation is 2. The van der Waals surface area contributed by atoms with Gasteiger partial charge in [0.25, 0.3) is 15.9 Å². The molecule has 2 rings (SSSR count). The third-order valence-electron chi connectivity index (χ3n) is 4.58. The van der Waals surface area contributed by atoms with Gasteiger partial charge < -0.3 is 5.32 Å². The van der Waals surface area contributed by atoms with Crippen molar-refractivity contribution in [3.05, 3.63) is 58.7 Å². The van der Waals surface area contributed by atoms with Crippen molar-refractivity contribution in [1.82, 2.24) is 5.32 Å². The van der Waals surface area contributed by atoms with E-state index in [0.717, 1.165) is 17.5 Å². The minimum atomic E-state index is -3.80. The van der Waals surface area contributed by atoms with Crippen LogP contribution in [-0.2, 0) is 10.0 Å². The van der Waals surface area contributed by atoms with Gasteiger partial charge in [-0.25, -0.2) is 8.42 Å². The van der Waals surface area contributed by atoms with Crippen LogP contribution in [0.5, 0.6) is 0 Å². The topological polar surface area (TPSA) is 75.3 Å². The minimum Gasteiger partial charge on any atom is -0.350 e. The van der Waals surface area contributed by atoms with E-state index in [0.29, 0.717) is 16.8 Å². The van der Waals surface area contributed by atoms with Crippen LogP contribution >= 0.6 is 0 Å². The first-order chi connectivity index (χ1) is 12.2. The number of anilines is 1. The number of carbonyl (C=O) groups excluding carboxylic acids is 1. The van der Waals surface area contributed by atoms with Crippen LogP contribution in [0, 0.1) is 20.8 Å². The Hall–Kier alpha value is -2.34. The highest BCUT2D eigenvalue weighted by atomic mass is 32.2. The summed E-state index contributed by atoms with van der Waals surface area (Å²) in [6.45, 7) is 9.40. The first-order valence-corrected chi connectivity index (χ1v) is 10.1. The van der Waals surface area contributed by atoms with E-state index in [1.165, 1.54) is 6.07 Å². The number of rotatable bonds is 6. The van der Waals surface area contributed by atoms with Gasteiger partial charge in [0.05, 0.1) is 10.6 Å². The molecule has 0 unspecified atom stereocenters. The third-order valence-corrected chi connectivity index (χ3v) is 6.09. The summed E-state index contributed by atoms with van der Waals surface area (Å²) in [6.07, 6.45) is 0.803. The highest BCUT2D eigenvalue weighted by Crippen LogP contribution is 2.24. The lowest BCUT2D eigenvalue weighted by molar-refractivity contribution is 0.0939. The summed E-state index contributed by atoms with van der Waals surface area (Å²) in [6, 6.07) is 10.2. The van der Waals surface area contributed by atoms with Gasteiger partial charge in [0.15, 0.2) is 0 Å². The fraction of sp³-hybridized carbons (Fsp3) is 0.350. The van der Waals surface area contributed by atoms with Crippen LogP contribution in [0.1, 0.15) is 47.3 Å². The quantitative estimate of drug-likeness (QED) is 0.804. The molecule has 2 aromatic carbocycles. The van der Waals surface area contributed by atoms with Crippen molar-refractivity contribution >= 4 is 21.6 Å². The molecule has 0 heterocycles. The van der Waals surface area contributed by atoms with E-state index in [4.69, 9.17) is 0 Å². The van der Waals surface area contributed by atoms with Crippen molar-refractivity contribution in [2.75, 3.05) is 4.72 Å². The zero-order valence-corrected chi connectivity index (χ0v) is 16.7. The van der Waals surface area contributed by atoms with Crippen molar-refractivity contribution in [2.45, 2.75) is 52.0 Å². The molecule has 0 fully saturated rings. The number of sulfonamides is 1. The van der Waals surface area contributed by atoms with E-state index in [9.17, 15) is 13.2 Å². The summed E-state index contributed by atoms with van der Waals surface area (Å²) in [4.78, 5) is 12.4. The summed E-state index contributed by atoms with van der Waals surface area (Å²) in [5, 5.41) is 2.86. The van der Waals surface area contributed by atoms with Gasteiger partial charge in [-0.3, -0.25) is 9.52 Å². The fourth-order valence-corrected chi connectivity index (χ4v) is 3.90. The van der Waals surface area contributed by atoms with Crippen LogP contribution in [-0.4, -0.2) is 20.4 Å². The predicted octanol–water partition coefficient (Wildman–Crippen LogP) is 3.94. The lowest BCUT2D eigenvalue weighted by Gasteiger charge is -2.15. The van der Waals surface area contributed by atoms with Crippen LogP contribution in [0.3, 0.4) is 0 Å². The monoisotopic (exact) mass is 374 g/mol. The second-order valence-corrected chi connectivity index (χ2v) is 8.27. The van der Waals surface area contributed by atoms with Crippen molar-refractivity contribution in [2.24, 2.45) is 0 Å². The third kappa shape index (κ3) is 4.43. The maximum absolute atomic E-state index is 12.9. The molecule has 0 bridgehead atoms. The maximum Gasteiger partial charge on any atom is 0.262 e. The lowest BCUT2D eigenvalue weighted by atomic mass is 10.1. The molecule has 0 aliphatic rings. The van der Waals surface area contributed by atoms with Gasteiger partial charge in [0.1, 0.15) is 0 Å². The first-order valence-electron chi connectivity index (χ1n) is 8.66. The van der Waals surface area contributed by atoms with Gasteiger partial charge >= 0.3 is 0 Å². The normalized spacial score (nSPS) is 12.5. The largest absolute Gasteiger partial charge is 0.350 e. The van der Waals surface area contributed by atoms with Crippen LogP contribution in [0.4, 0.5) is 5.69 Å². The van der Waals surface area contributed by atoms with E-state index in [1.54, 1.807) is 25.1 Å². The Labute approximate surface area is 155 Å². The zero-order valence-electron chi connectivity index (χ0n) is 15.9. The summed E-state index contributed by atoms with van der Waals surface area (Å²) in [5.74, 6) is -0.275. The van der Waals surface area contributed by atoms with E-state index in [1.807, 2.05) is 39.8 Å². The number of hydrogen-bond acceptors (Lipinski definition) is 3. The number of hydrogen-bond donors (Lipinski definition) is 2. The Morgan fingerprint density at radius 1 is 1.08 bits per heavy atom. The average molecular weight is 375 g/mol. The molecule has 1 amide bonds. The molecule has 2 aromatic rings. The van der Waals surface area contributed by atoms with Crippen molar-refractivity contribution < 1.29 is 13.2 Å². The molecule has 6 heteroatoms. The number of amides is 1. The highest BCUT2D eigenvalue weighted by Gasteiger charge is 2.20. The summed E-state index contributed by atoms with van der Waals surface area (Å²) < 4.78 is 28.4. The molecule has 2 N–H and O–H groups in total. The van der Waals surface area contributed by atoms with Gasteiger partial charge in [-0.05, 0) is 69.0 Å². The fourth-order valence-electron chi connectivity index (χ4n) is 2.50. The molecule has 26 heavy (non-hydrogen) atoms. The van der Waals surface area contributed by atoms with Crippen LogP contribution in [0.25, 0.3) is 0 Å². The molecule has 1 atom stereocenters. The van der Waals surface area contributed by atoms with E-state index < -0.39 is 10.0 Å². The molecular formula is C20H26N2O3S. The second-order valence-electron chi connectivity index (χ2n) is 6.62. The molecule has 0 aliphatic heterocycles. The summed E-state index contributed by atoms with van der Waals surface area (Å²) in [7, 11) is -3.80. The highest BCUT2D eigenvalue weighted by molar-refractivity contribution is 7.92. The minimum absolute atomic E-state index is 0.0249. The standard InChI is InChI=1S/C20H26N2O3S/c1-6-15(4)21-20(23)17-11-10-14(3)19(12-17)26(24,25)22-18-9-7-8-13(2)16(18)5/h7-12,15,22H,6H2,1-5H3,(H,21,23)/t15-/m1/s1. The van der Waals surface area contributed by atoms with E-state index in [2.05, 4.69) is 10.0 Å². The SMILES string of the molecule is CC[C@@H](C)NC(=O)c1ccc(C)c(S(=O)(=O)Nc2cccc(C)c2C)c1. The van der Waals surface area contributed by atoms with Gasteiger partial charge in [-0.1, -0.05) is 25.1 Å². The molecule has 0 saturated heterocycles. The van der Waals surface area contributed by atoms with E-state index >= 15 is 0 Å². The van der Waals surface area contributed by atoms with Gasteiger partial charge in [0, 0.05) is 11.6 Å².